The van der Waals surface area contributed by atoms with Crippen LogP contribution in [0.3, 0.4) is 0 Å². The summed E-state index contributed by atoms with van der Waals surface area (Å²) in [6.07, 6.45) is 1.12. The smallest absolute Gasteiger partial charge is 0.328 e. The maximum Gasteiger partial charge on any atom is 0.328 e. The predicted molar refractivity (Wildman–Crippen MR) is 34.4 cm³/mol. The molecule has 0 saturated heterocycles. The Morgan fingerprint density at radius 3 is 1.33 bits per heavy atom. The van der Waals surface area contributed by atoms with Crippen LogP contribution in [0.2, 0.25) is 0 Å². The van der Waals surface area contributed by atoms with Gasteiger partial charge in [-0.3, -0.25) is 0 Å². The number of carboxylic acid groups (broad SMARTS) is 2. The second-order valence-electron chi connectivity index (χ2n) is 1.01. The summed E-state index contributed by atoms with van der Waals surface area (Å²) in [4.78, 5) is 19.1. The fourth-order valence-corrected chi connectivity index (χ4v) is 0.143. The Kier molecular flexibility index (Phi) is 6.58. The Bertz CT molecular complexity index is 124. The maximum absolute atomic E-state index is 9.55. The summed E-state index contributed by atoms with van der Waals surface area (Å²) in [6, 6.07) is 0. The zero-order valence-corrected chi connectivity index (χ0v) is 3.87. The van der Waals surface area contributed by atoms with E-state index in [1.807, 2.05) is 0 Å². The van der Waals surface area contributed by atoms with Gasteiger partial charge in [0, 0.05) is 12.2 Å². The second-order valence-corrected chi connectivity index (χ2v) is 1.01. The molecule has 0 amide bonds. The van der Waals surface area contributed by atoms with E-state index in [2.05, 4.69) is 0 Å². The van der Waals surface area contributed by atoms with Crippen molar-refractivity contribution in [3.63, 3.8) is 0 Å². The van der Waals surface area contributed by atoms with Crippen molar-refractivity contribution in [2.75, 3.05) is 0 Å². The van der Waals surface area contributed by atoms with Gasteiger partial charge in [-0.05, 0) is 0 Å². The Balaban J connectivity index is 0. The molecule has 5 heteroatoms. The molecule has 0 spiro atoms. The van der Waals surface area contributed by atoms with Gasteiger partial charge in [0.15, 0.2) is 17.4 Å². The predicted octanol–water partition coefficient (Wildman–Crippen LogP) is -1.47. The molecule has 0 aliphatic heterocycles. The van der Waals surface area contributed by atoms with E-state index in [4.69, 9.17) is 10.2 Å². The van der Waals surface area contributed by atoms with Crippen LogP contribution >= 0.6 is 0 Å². The molecule has 0 atom stereocenters. The number of hydrogen-bond acceptors (Lipinski definition) is 2. The minimum Gasteiger partial charge on any atom is -0.478 e. The van der Waals surface area contributed by atoms with E-state index >= 15 is 0 Å². The summed E-state index contributed by atoms with van der Waals surface area (Å²) < 4.78 is 0. The van der Waals surface area contributed by atoms with E-state index in [0.29, 0.717) is 12.2 Å². The van der Waals surface area contributed by atoms with Crippen LogP contribution in [0.25, 0.3) is 0 Å². The standard InChI is InChI=1S/C4H4O4.Al.3H/c5-3(6)1-2-4(7)8;;;;/h1-2H,(H,5,6)(H,7,8);;;;/b2-1-;;;;. The van der Waals surface area contributed by atoms with Gasteiger partial charge >= 0.3 is 11.9 Å². The first-order valence-electron chi connectivity index (χ1n) is 1.77. The number of carboxylic acids is 2. The van der Waals surface area contributed by atoms with Gasteiger partial charge in [0.1, 0.15) is 0 Å². The van der Waals surface area contributed by atoms with Gasteiger partial charge in [0.05, 0.1) is 0 Å². The summed E-state index contributed by atoms with van der Waals surface area (Å²) in [5.74, 6) is -2.51. The molecule has 0 aliphatic carbocycles. The van der Waals surface area contributed by atoms with Crippen molar-refractivity contribution in [1.82, 2.24) is 0 Å². The first kappa shape index (κ1) is 11.1. The van der Waals surface area contributed by atoms with Crippen LogP contribution in [0, 0.1) is 0 Å². The molecule has 0 heterocycles. The summed E-state index contributed by atoms with van der Waals surface area (Å²) in [6.45, 7) is 0. The lowest BCUT2D eigenvalue weighted by Crippen LogP contribution is -1.91. The summed E-state index contributed by atoms with van der Waals surface area (Å²) >= 11 is 0. The average Bonchev–Trinajstić information content (AvgIpc) is 1.61. The van der Waals surface area contributed by atoms with Crippen LogP contribution in [-0.2, 0) is 9.59 Å². The molecule has 50 valence electrons. The highest BCUT2D eigenvalue weighted by atomic mass is 27.0. The lowest BCUT2D eigenvalue weighted by atomic mass is 10.5. The minimum atomic E-state index is -1.26. The summed E-state index contributed by atoms with van der Waals surface area (Å²) in [5, 5.41) is 15.6. The Labute approximate surface area is 61.9 Å². The highest BCUT2D eigenvalue weighted by Gasteiger charge is 1.88. The maximum atomic E-state index is 9.55. The fourth-order valence-electron chi connectivity index (χ4n) is 0.143. The molecule has 0 saturated carbocycles. The molecule has 4 nitrogen and oxygen atoms in total. The third-order valence-electron chi connectivity index (χ3n) is 0.368. The Morgan fingerprint density at radius 1 is 1.00 bits per heavy atom. The molecule has 0 aromatic rings. The molecule has 0 fully saturated rings. The molecular weight excluding hydrogens is 139 g/mol. The zero-order valence-electron chi connectivity index (χ0n) is 3.87. The monoisotopic (exact) mass is 146 g/mol. The zero-order chi connectivity index (χ0) is 6.57. The molecule has 0 aliphatic rings. The lowest BCUT2D eigenvalue weighted by molar-refractivity contribution is -0.134. The molecule has 9 heavy (non-hydrogen) atoms. The SMILES string of the molecule is O=C(O)/C=C\C(=O)O.[AlH3]. The number of hydrogen-bond donors (Lipinski definition) is 2. The number of rotatable bonds is 2. The van der Waals surface area contributed by atoms with E-state index < -0.39 is 11.9 Å². The quantitative estimate of drug-likeness (QED) is 0.368. The highest BCUT2D eigenvalue weighted by molar-refractivity contribution is 5.89. The first-order chi connectivity index (χ1) is 3.63. The van der Waals surface area contributed by atoms with Crippen LogP contribution in [0.1, 0.15) is 0 Å². The van der Waals surface area contributed by atoms with Gasteiger partial charge in [0.25, 0.3) is 0 Å². The normalized spacial score (nSPS) is 8.44. The molecule has 0 aromatic heterocycles. The van der Waals surface area contributed by atoms with Crippen molar-refractivity contribution >= 4 is 29.3 Å². The van der Waals surface area contributed by atoms with Crippen molar-refractivity contribution in [1.29, 1.82) is 0 Å². The third-order valence-corrected chi connectivity index (χ3v) is 0.368. The van der Waals surface area contributed by atoms with Gasteiger partial charge in [0.2, 0.25) is 0 Å². The first-order valence-corrected chi connectivity index (χ1v) is 1.77. The topological polar surface area (TPSA) is 74.6 Å². The molecule has 0 rings (SSSR count). The molecule has 0 unspecified atom stereocenters. The van der Waals surface area contributed by atoms with Gasteiger partial charge in [-0.1, -0.05) is 0 Å². The molecule has 2 N–H and O–H groups in total. The molecule has 0 radical (unpaired) electrons. The fraction of sp³-hybridized carbons (Fsp3) is 0. The largest absolute Gasteiger partial charge is 0.478 e. The van der Waals surface area contributed by atoms with Crippen molar-refractivity contribution in [2.45, 2.75) is 0 Å². The Hall–Kier alpha value is -0.788. The molecule has 0 bridgehead atoms. The van der Waals surface area contributed by atoms with E-state index in [1.54, 1.807) is 0 Å². The Morgan fingerprint density at radius 2 is 1.22 bits per heavy atom. The number of aliphatic carboxylic acids is 2. The van der Waals surface area contributed by atoms with E-state index in [9.17, 15) is 9.59 Å². The van der Waals surface area contributed by atoms with Gasteiger partial charge in [-0.25, -0.2) is 9.59 Å². The van der Waals surface area contributed by atoms with Gasteiger partial charge < -0.3 is 10.2 Å². The van der Waals surface area contributed by atoms with E-state index in [-0.39, 0.29) is 17.4 Å². The van der Waals surface area contributed by atoms with Crippen LogP contribution in [-0.4, -0.2) is 39.5 Å². The van der Waals surface area contributed by atoms with Gasteiger partial charge in [-0.2, -0.15) is 0 Å². The van der Waals surface area contributed by atoms with E-state index in [1.165, 1.54) is 0 Å². The highest BCUT2D eigenvalue weighted by Crippen LogP contribution is 1.70. The lowest BCUT2D eigenvalue weighted by Gasteiger charge is -1.74. The van der Waals surface area contributed by atoms with Crippen molar-refractivity contribution in [2.24, 2.45) is 0 Å². The van der Waals surface area contributed by atoms with Gasteiger partial charge in [-0.15, -0.1) is 0 Å². The van der Waals surface area contributed by atoms with Crippen molar-refractivity contribution in [3.8, 4) is 0 Å². The van der Waals surface area contributed by atoms with Crippen molar-refractivity contribution in [3.05, 3.63) is 12.2 Å². The van der Waals surface area contributed by atoms with Crippen LogP contribution in [0.15, 0.2) is 12.2 Å². The summed E-state index contributed by atoms with van der Waals surface area (Å²) in [5.41, 5.74) is 0. The third kappa shape index (κ3) is 11.0. The molecule has 0 aromatic carbocycles. The minimum absolute atomic E-state index is 0. The number of carbonyl (C=O) groups is 2. The van der Waals surface area contributed by atoms with Crippen LogP contribution in [0.4, 0.5) is 0 Å². The average molecular weight is 146 g/mol. The molecular formula is C4H7AlO4. The van der Waals surface area contributed by atoms with Crippen molar-refractivity contribution < 1.29 is 19.8 Å². The summed E-state index contributed by atoms with van der Waals surface area (Å²) in [7, 11) is 0. The van der Waals surface area contributed by atoms with E-state index in [0.717, 1.165) is 0 Å². The van der Waals surface area contributed by atoms with Crippen LogP contribution in [0.5, 0.6) is 0 Å². The second kappa shape index (κ2) is 5.35. The van der Waals surface area contributed by atoms with Crippen LogP contribution < -0.4 is 0 Å².